The van der Waals surface area contributed by atoms with E-state index in [2.05, 4.69) is 37.8 Å². The van der Waals surface area contributed by atoms with Crippen LogP contribution in [0.2, 0.25) is 0 Å². The average molecular weight is 409 g/mol. The van der Waals surface area contributed by atoms with Crippen molar-refractivity contribution in [3.8, 4) is 0 Å². The van der Waals surface area contributed by atoms with Gasteiger partial charge in [-0.05, 0) is 50.3 Å². The largest absolute Gasteiger partial charge is 0.481 e. The summed E-state index contributed by atoms with van der Waals surface area (Å²) in [6.45, 7) is 6.51. The zero-order valence-corrected chi connectivity index (χ0v) is 17.2. The number of aliphatic carboxylic acids is 1. The second kappa shape index (κ2) is 8.30. The van der Waals surface area contributed by atoms with Gasteiger partial charge < -0.3 is 20.3 Å². The Morgan fingerprint density at radius 2 is 2.07 bits per heavy atom. The smallest absolute Gasteiger partial charge is 0.303 e. The van der Waals surface area contributed by atoms with Crippen LogP contribution in [-0.2, 0) is 4.79 Å². The molecular weight excluding hydrogens is 382 g/mol. The number of unbranched alkanes of at least 4 members (excludes halogenated alkanes) is 3. The summed E-state index contributed by atoms with van der Waals surface area (Å²) in [6, 6.07) is 4.65. The molecule has 1 aromatic carbocycles. The molecule has 0 radical (unpaired) electrons. The van der Waals surface area contributed by atoms with E-state index in [-0.39, 0.29) is 12.0 Å². The van der Waals surface area contributed by atoms with Crippen molar-refractivity contribution in [1.82, 2.24) is 9.97 Å². The van der Waals surface area contributed by atoms with Crippen molar-refractivity contribution in [2.24, 2.45) is 4.99 Å². The number of fused-ring (bicyclic) bond motifs is 2. The number of nitrogens with zero attached hydrogens (tertiary/aromatic N) is 3. The van der Waals surface area contributed by atoms with Crippen LogP contribution in [0.15, 0.2) is 21.9 Å². The summed E-state index contributed by atoms with van der Waals surface area (Å²) in [5, 5.41) is 12.7. The number of carboxylic acids is 1. The Bertz CT molecular complexity index is 1140. The van der Waals surface area contributed by atoms with Crippen molar-refractivity contribution in [1.29, 1.82) is 0 Å². The Balaban J connectivity index is 1.64. The molecule has 0 bridgehead atoms. The first kappa shape index (κ1) is 20.1. The number of H-pyrrole nitrogens is 1. The van der Waals surface area contributed by atoms with Gasteiger partial charge in [-0.15, -0.1) is 0 Å². The van der Waals surface area contributed by atoms with Crippen molar-refractivity contribution < 1.29 is 9.90 Å². The van der Waals surface area contributed by atoms with Crippen molar-refractivity contribution >= 4 is 35.4 Å². The minimum absolute atomic E-state index is 0.200. The van der Waals surface area contributed by atoms with Gasteiger partial charge in [0.15, 0.2) is 11.2 Å². The van der Waals surface area contributed by atoms with E-state index in [4.69, 9.17) is 5.11 Å². The predicted molar refractivity (Wildman–Crippen MR) is 116 cm³/mol. The second-order valence-electron chi connectivity index (χ2n) is 8.08. The van der Waals surface area contributed by atoms with E-state index in [1.165, 1.54) is 12.8 Å². The third kappa shape index (κ3) is 4.37. The molecule has 8 nitrogen and oxygen atoms in total. The molecule has 1 aromatic heterocycles. The van der Waals surface area contributed by atoms with Crippen LogP contribution in [-0.4, -0.2) is 33.6 Å². The van der Waals surface area contributed by atoms with Crippen LogP contribution in [0, 0.1) is 6.92 Å². The Labute approximate surface area is 174 Å². The molecule has 30 heavy (non-hydrogen) atoms. The number of aromatic nitrogens is 2. The number of hydrogen-bond donors (Lipinski definition) is 3. The van der Waals surface area contributed by atoms with E-state index < -0.39 is 5.97 Å². The normalized spacial score (nSPS) is 14.6. The van der Waals surface area contributed by atoms with Crippen LogP contribution in [0.1, 0.15) is 50.5 Å². The number of anilines is 3. The monoisotopic (exact) mass is 409 g/mol. The van der Waals surface area contributed by atoms with E-state index in [0.29, 0.717) is 35.7 Å². The first-order valence-corrected chi connectivity index (χ1v) is 10.5. The molecule has 2 aromatic rings. The highest BCUT2D eigenvalue weighted by Crippen LogP contribution is 2.40. The lowest BCUT2D eigenvalue weighted by atomic mass is 10.1. The standard InChI is InChI=1S/C22H27N5O3/c1-13-11-17-18(12-16(13)25-15-8-9-15)27(10-6-4-3-5-7-19(28)29)21-20(26-17)22(30)24-14(2)23-21/h11-12,15,25H,2-10H2,1H3,(H,24,30)(H,28,29). The Kier molecular flexibility index (Phi) is 5.57. The summed E-state index contributed by atoms with van der Waals surface area (Å²) in [5.41, 5.74) is 3.89. The molecule has 0 unspecified atom stereocenters. The van der Waals surface area contributed by atoms with Crippen LogP contribution >= 0.6 is 0 Å². The van der Waals surface area contributed by atoms with Gasteiger partial charge >= 0.3 is 5.97 Å². The summed E-state index contributed by atoms with van der Waals surface area (Å²) in [4.78, 5) is 37.0. The molecule has 0 atom stereocenters. The zero-order chi connectivity index (χ0) is 21.3. The topological polar surface area (TPSA) is 111 Å². The SMILES string of the molecule is C=c1nc2c(c(=O)[nH]1)=Nc1cc(C)c(NC3CC3)cc1N2CCCCCCC(=O)O. The third-order valence-corrected chi connectivity index (χ3v) is 5.49. The molecule has 2 aliphatic rings. The highest BCUT2D eigenvalue weighted by molar-refractivity contribution is 5.80. The maximum absolute atomic E-state index is 12.5. The predicted octanol–water partition coefficient (Wildman–Crippen LogP) is 2.50. The molecule has 0 amide bonds. The highest BCUT2D eigenvalue weighted by Gasteiger charge is 2.26. The minimum Gasteiger partial charge on any atom is -0.481 e. The van der Waals surface area contributed by atoms with Gasteiger partial charge in [0.25, 0.3) is 5.56 Å². The second-order valence-corrected chi connectivity index (χ2v) is 8.08. The highest BCUT2D eigenvalue weighted by atomic mass is 16.4. The summed E-state index contributed by atoms with van der Waals surface area (Å²) in [5.74, 6) is -0.226. The lowest BCUT2D eigenvalue weighted by Crippen LogP contribution is -2.42. The molecule has 3 N–H and O–H groups in total. The molecule has 1 saturated carbocycles. The number of carbonyl (C=O) groups is 1. The fourth-order valence-electron chi connectivity index (χ4n) is 3.74. The molecule has 4 rings (SSSR count). The van der Waals surface area contributed by atoms with Gasteiger partial charge in [-0.2, -0.15) is 0 Å². The fraction of sp³-hybridized carbons (Fsp3) is 0.455. The lowest BCUT2D eigenvalue weighted by molar-refractivity contribution is -0.137. The first-order valence-electron chi connectivity index (χ1n) is 10.5. The lowest BCUT2D eigenvalue weighted by Gasteiger charge is -2.29. The van der Waals surface area contributed by atoms with E-state index in [1.807, 2.05) is 13.0 Å². The van der Waals surface area contributed by atoms with Gasteiger partial charge in [0.05, 0.1) is 11.4 Å². The average Bonchev–Trinajstić information content (AvgIpc) is 3.49. The number of carboxylic acid groups (broad SMARTS) is 1. The van der Waals surface area contributed by atoms with E-state index in [9.17, 15) is 9.59 Å². The molecule has 0 spiro atoms. The number of aromatic amines is 1. The number of aryl methyl sites for hydroxylation is 1. The molecule has 1 aliphatic carbocycles. The summed E-state index contributed by atoms with van der Waals surface area (Å²) < 4.78 is 0. The number of nitrogens with one attached hydrogen (secondary N) is 2. The maximum Gasteiger partial charge on any atom is 0.303 e. The van der Waals surface area contributed by atoms with E-state index in [0.717, 1.165) is 41.9 Å². The number of hydrogen-bond acceptors (Lipinski definition) is 6. The summed E-state index contributed by atoms with van der Waals surface area (Å²) in [7, 11) is 0. The van der Waals surface area contributed by atoms with Crippen molar-refractivity contribution in [2.75, 3.05) is 16.8 Å². The van der Waals surface area contributed by atoms with Crippen molar-refractivity contribution in [3.05, 3.63) is 38.9 Å². The number of benzene rings is 1. The first-order chi connectivity index (χ1) is 14.4. The summed E-state index contributed by atoms with van der Waals surface area (Å²) >= 11 is 0. The fourth-order valence-corrected chi connectivity index (χ4v) is 3.74. The van der Waals surface area contributed by atoms with Crippen molar-refractivity contribution in [2.45, 2.75) is 57.9 Å². The molecular formula is C22H27N5O3. The van der Waals surface area contributed by atoms with Crippen LogP contribution in [0.4, 0.5) is 22.9 Å². The van der Waals surface area contributed by atoms with Crippen LogP contribution < -0.4 is 26.6 Å². The molecule has 0 saturated heterocycles. The molecule has 1 fully saturated rings. The Morgan fingerprint density at radius 1 is 1.30 bits per heavy atom. The van der Waals surface area contributed by atoms with E-state index in [1.54, 1.807) is 0 Å². The molecule has 8 heteroatoms. The van der Waals surface area contributed by atoms with Gasteiger partial charge in [-0.25, -0.2) is 9.98 Å². The minimum atomic E-state index is -0.757. The van der Waals surface area contributed by atoms with Gasteiger partial charge in [0.2, 0.25) is 0 Å². The van der Waals surface area contributed by atoms with Crippen LogP contribution in [0.3, 0.4) is 0 Å². The van der Waals surface area contributed by atoms with Gasteiger partial charge in [-0.1, -0.05) is 19.4 Å². The van der Waals surface area contributed by atoms with E-state index >= 15 is 0 Å². The third-order valence-electron chi connectivity index (χ3n) is 5.49. The van der Waals surface area contributed by atoms with Gasteiger partial charge in [-0.3, -0.25) is 9.59 Å². The van der Waals surface area contributed by atoms with Crippen LogP contribution in [0.5, 0.6) is 0 Å². The van der Waals surface area contributed by atoms with Gasteiger partial charge in [0, 0.05) is 24.7 Å². The Hall–Kier alpha value is -3.16. The van der Waals surface area contributed by atoms with Crippen molar-refractivity contribution in [3.63, 3.8) is 0 Å². The maximum atomic E-state index is 12.5. The number of rotatable bonds is 9. The quantitative estimate of drug-likeness (QED) is 0.549. The Morgan fingerprint density at radius 3 is 2.80 bits per heavy atom. The summed E-state index contributed by atoms with van der Waals surface area (Å²) in [6.07, 6.45) is 5.87. The molecule has 1 aliphatic heterocycles. The van der Waals surface area contributed by atoms with Crippen LogP contribution in [0.25, 0.3) is 6.58 Å². The van der Waals surface area contributed by atoms with Gasteiger partial charge in [0.1, 0.15) is 5.48 Å². The molecule has 2 heterocycles. The zero-order valence-electron chi connectivity index (χ0n) is 17.2. The molecule has 158 valence electrons.